The Bertz CT molecular complexity index is 968. The maximum atomic E-state index is 12.8. The predicted molar refractivity (Wildman–Crippen MR) is 101 cm³/mol. The topological polar surface area (TPSA) is 53.9 Å². The first-order chi connectivity index (χ1) is 12.1. The Labute approximate surface area is 154 Å². The van der Waals surface area contributed by atoms with Crippen molar-refractivity contribution in [3.05, 3.63) is 56.5 Å². The van der Waals surface area contributed by atoms with Crippen molar-refractivity contribution < 1.29 is 4.79 Å². The van der Waals surface area contributed by atoms with E-state index in [-0.39, 0.29) is 12.5 Å². The number of carbonyl (C=O) groups excluding carboxylic acids is 1. The lowest BCUT2D eigenvalue weighted by Crippen LogP contribution is -2.37. The van der Waals surface area contributed by atoms with Crippen LogP contribution in [0.3, 0.4) is 0 Å². The summed E-state index contributed by atoms with van der Waals surface area (Å²) in [5, 5.41) is 9.23. The monoisotopic (exact) mass is 370 g/mol. The smallest absolute Gasteiger partial charge is 0.242 e. The van der Waals surface area contributed by atoms with Crippen molar-refractivity contribution in [2.75, 3.05) is 6.54 Å². The van der Waals surface area contributed by atoms with E-state index in [0.717, 1.165) is 18.5 Å². The lowest BCUT2D eigenvalue weighted by molar-refractivity contribution is -0.132. The fraction of sp³-hybridized carbons (Fsp3) is 0.278. The van der Waals surface area contributed by atoms with Crippen molar-refractivity contribution in [3.63, 3.8) is 0 Å². The molecule has 0 aliphatic carbocycles. The second-order valence-electron chi connectivity index (χ2n) is 6.24. The van der Waals surface area contributed by atoms with Gasteiger partial charge in [-0.3, -0.25) is 14.5 Å². The van der Waals surface area contributed by atoms with Crippen LogP contribution in [-0.2, 0) is 24.3 Å². The Kier molecular flexibility index (Phi) is 4.27. The van der Waals surface area contributed by atoms with Gasteiger partial charge >= 0.3 is 0 Å². The van der Waals surface area contributed by atoms with E-state index in [0.29, 0.717) is 17.1 Å². The molecule has 3 heterocycles. The maximum absolute atomic E-state index is 12.8. The quantitative estimate of drug-likeness (QED) is 0.717. The molecule has 25 heavy (non-hydrogen) atoms. The number of hydrogen-bond acceptors (Lipinski definition) is 4. The summed E-state index contributed by atoms with van der Waals surface area (Å²) < 4.78 is 2.25. The average Bonchev–Trinajstić information content (AvgIpc) is 3.22. The number of rotatable bonds is 3. The molecule has 0 spiro atoms. The molecule has 1 aliphatic heterocycles. The van der Waals surface area contributed by atoms with Gasteiger partial charge in [0, 0.05) is 23.5 Å². The molecular weight excluding hydrogens is 352 g/mol. The van der Waals surface area contributed by atoms with Gasteiger partial charge < -0.3 is 4.90 Å². The van der Waals surface area contributed by atoms with Crippen LogP contribution < -0.4 is 0 Å². The van der Waals surface area contributed by atoms with Crippen LogP contribution in [0.25, 0.3) is 11.4 Å². The molecule has 1 aliphatic rings. The van der Waals surface area contributed by atoms with Crippen LogP contribution in [0.2, 0.25) is 0 Å². The SMILES string of the molecule is Cc1ccc(-c2n[nH]c(=S)n2CC(=O)N2CCc3sccc3C2)cc1. The van der Waals surface area contributed by atoms with Crippen LogP contribution >= 0.6 is 23.6 Å². The molecule has 1 amide bonds. The summed E-state index contributed by atoms with van der Waals surface area (Å²) in [6.45, 7) is 3.69. The van der Waals surface area contributed by atoms with Crippen molar-refractivity contribution in [2.24, 2.45) is 0 Å². The zero-order valence-electron chi connectivity index (χ0n) is 13.9. The summed E-state index contributed by atoms with van der Waals surface area (Å²) in [5.41, 5.74) is 3.39. The molecule has 3 aromatic rings. The summed E-state index contributed by atoms with van der Waals surface area (Å²) in [7, 11) is 0. The Hall–Kier alpha value is -2.25. The number of aromatic amines is 1. The van der Waals surface area contributed by atoms with Crippen LogP contribution in [-0.4, -0.2) is 32.1 Å². The Morgan fingerprint density at radius 2 is 2.12 bits per heavy atom. The minimum Gasteiger partial charge on any atom is -0.336 e. The van der Waals surface area contributed by atoms with Crippen LogP contribution in [0.15, 0.2) is 35.7 Å². The molecule has 0 saturated carbocycles. The van der Waals surface area contributed by atoms with Crippen LogP contribution in [0.5, 0.6) is 0 Å². The second-order valence-corrected chi connectivity index (χ2v) is 7.63. The molecule has 0 atom stereocenters. The van der Waals surface area contributed by atoms with Gasteiger partial charge in [-0.2, -0.15) is 5.10 Å². The summed E-state index contributed by atoms with van der Waals surface area (Å²) in [6.07, 6.45) is 0.931. The normalized spacial score (nSPS) is 13.7. The number of thiophene rings is 1. The number of fused-ring (bicyclic) bond motifs is 1. The first-order valence-corrected chi connectivity index (χ1v) is 9.46. The molecule has 0 saturated heterocycles. The summed E-state index contributed by atoms with van der Waals surface area (Å²) >= 11 is 7.12. The van der Waals surface area contributed by atoms with E-state index in [1.54, 1.807) is 15.9 Å². The number of aryl methyl sites for hydroxylation is 1. The summed E-state index contributed by atoms with van der Waals surface area (Å²) in [5.74, 6) is 0.772. The predicted octanol–water partition coefficient (Wildman–Crippen LogP) is 3.56. The second kappa shape index (κ2) is 6.57. The first-order valence-electron chi connectivity index (χ1n) is 8.17. The standard InChI is InChI=1S/C18H18N4OS2/c1-12-2-4-13(5-3-12)17-19-20-18(24)22(17)11-16(23)21-8-6-15-14(10-21)7-9-25-15/h2-5,7,9H,6,8,10-11H2,1H3,(H,20,24). The van der Waals surface area contributed by atoms with Crippen LogP contribution in [0.1, 0.15) is 16.0 Å². The number of benzene rings is 1. The van der Waals surface area contributed by atoms with Gasteiger partial charge in [0.2, 0.25) is 5.91 Å². The molecule has 0 radical (unpaired) electrons. The molecule has 4 rings (SSSR count). The van der Waals surface area contributed by atoms with Gasteiger partial charge in [0.1, 0.15) is 6.54 Å². The molecule has 1 N–H and O–H groups in total. The first kappa shape index (κ1) is 16.2. The van der Waals surface area contributed by atoms with Gasteiger partial charge in [-0.25, -0.2) is 0 Å². The van der Waals surface area contributed by atoms with Crippen LogP contribution in [0, 0.1) is 11.7 Å². The van der Waals surface area contributed by atoms with Gasteiger partial charge in [-0.05, 0) is 42.6 Å². The molecule has 1 aromatic carbocycles. The van der Waals surface area contributed by atoms with E-state index in [1.165, 1.54) is 16.0 Å². The fourth-order valence-electron chi connectivity index (χ4n) is 3.08. The van der Waals surface area contributed by atoms with E-state index < -0.39 is 0 Å². The van der Waals surface area contributed by atoms with Gasteiger partial charge in [-0.1, -0.05) is 29.8 Å². The van der Waals surface area contributed by atoms with E-state index in [9.17, 15) is 4.79 Å². The number of nitrogens with one attached hydrogen (secondary N) is 1. The summed E-state index contributed by atoms with van der Waals surface area (Å²) in [6, 6.07) is 10.2. The molecule has 0 unspecified atom stereocenters. The van der Waals surface area contributed by atoms with Crippen molar-refractivity contribution in [1.82, 2.24) is 19.7 Å². The van der Waals surface area contributed by atoms with Crippen molar-refractivity contribution in [3.8, 4) is 11.4 Å². The highest BCUT2D eigenvalue weighted by Crippen LogP contribution is 2.24. The van der Waals surface area contributed by atoms with Gasteiger partial charge in [0.05, 0.1) is 0 Å². The van der Waals surface area contributed by atoms with Gasteiger partial charge in [-0.15, -0.1) is 11.3 Å². The van der Waals surface area contributed by atoms with E-state index in [1.807, 2.05) is 36.1 Å². The third kappa shape index (κ3) is 3.17. The number of nitrogens with zero attached hydrogens (tertiary/aromatic N) is 3. The molecule has 5 nitrogen and oxygen atoms in total. The highest BCUT2D eigenvalue weighted by molar-refractivity contribution is 7.71. The highest BCUT2D eigenvalue weighted by atomic mass is 32.1. The molecule has 2 aromatic heterocycles. The maximum Gasteiger partial charge on any atom is 0.242 e. The van der Waals surface area contributed by atoms with E-state index in [2.05, 4.69) is 21.6 Å². The minimum atomic E-state index is 0.0720. The minimum absolute atomic E-state index is 0.0720. The van der Waals surface area contributed by atoms with E-state index in [4.69, 9.17) is 12.2 Å². The third-order valence-electron chi connectivity index (χ3n) is 4.52. The van der Waals surface area contributed by atoms with Crippen molar-refractivity contribution in [1.29, 1.82) is 0 Å². The molecule has 128 valence electrons. The third-order valence-corrected chi connectivity index (χ3v) is 5.86. The zero-order valence-corrected chi connectivity index (χ0v) is 15.5. The Morgan fingerprint density at radius 3 is 2.92 bits per heavy atom. The van der Waals surface area contributed by atoms with Crippen molar-refractivity contribution in [2.45, 2.75) is 26.4 Å². The van der Waals surface area contributed by atoms with E-state index >= 15 is 0 Å². The largest absolute Gasteiger partial charge is 0.336 e. The Balaban J connectivity index is 1.57. The molecule has 0 fully saturated rings. The summed E-state index contributed by atoms with van der Waals surface area (Å²) in [4.78, 5) is 16.1. The molecule has 0 bridgehead atoms. The van der Waals surface area contributed by atoms with Gasteiger partial charge in [0.15, 0.2) is 10.6 Å². The average molecular weight is 371 g/mol. The number of hydrogen-bond donors (Lipinski definition) is 1. The number of amides is 1. The fourth-order valence-corrected chi connectivity index (χ4v) is 4.17. The number of H-pyrrole nitrogens is 1. The highest BCUT2D eigenvalue weighted by Gasteiger charge is 2.23. The Morgan fingerprint density at radius 1 is 1.32 bits per heavy atom. The lowest BCUT2D eigenvalue weighted by Gasteiger charge is -2.27. The van der Waals surface area contributed by atoms with Gasteiger partial charge in [0.25, 0.3) is 0 Å². The number of carbonyl (C=O) groups is 1. The number of aromatic nitrogens is 3. The molecular formula is C18H18N4OS2. The molecule has 7 heteroatoms. The lowest BCUT2D eigenvalue weighted by atomic mass is 10.1. The zero-order chi connectivity index (χ0) is 17.4. The van der Waals surface area contributed by atoms with Crippen LogP contribution in [0.4, 0.5) is 0 Å². The van der Waals surface area contributed by atoms with Crippen molar-refractivity contribution >= 4 is 29.5 Å².